The van der Waals surface area contributed by atoms with Crippen molar-refractivity contribution in [2.24, 2.45) is 5.92 Å². The number of piperidine rings is 1. The van der Waals surface area contributed by atoms with Crippen molar-refractivity contribution in [3.05, 3.63) is 54.5 Å². The lowest BCUT2D eigenvalue weighted by molar-refractivity contribution is 0.0648. The van der Waals surface area contributed by atoms with Gasteiger partial charge in [0.25, 0.3) is 5.91 Å². The molecule has 1 aromatic heterocycles. The SMILES string of the molecule is O=C(c1ccco1)N1CCC(CCOc2ccccc2)CC1. The van der Waals surface area contributed by atoms with Crippen LogP contribution in [0.2, 0.25) is 0 Å². The molecule has 0 N–H and O–H groups in total. The zero-order valence-electron chi connectivity index (χ0n) is 12.6. The first-order valence-electron chi connectivity index (χ1n) is 7.83. The number of carbonyl (C=O) groups excluding carboxylic acids is 1. The lowest BCUT2D eigenvalue weighted by Gasteiger charge is -2.31. The average Bonchev–Trinajstić information content (AvgIpc) is 3.10. The average molecular weight is 299 g/mol. The Morgan fingerprint density at radius 3 is 2.59 bits per heavy atom. The normalized spacial score (nSPS) is 15.7. The molecule has 1 saturated heterocycles. The van der Waals surface area contributed by atoms with Gasteiger partial charge in [0, 0.05) is 13.1 Å². The zero-order chi connectivity index (χ0) is 15.2. The van der Waals surface area contributed by atoms with Crippen LogP contribution in [0.25, 0.3) is 0 Å². The van der Waals surface area contributed by atoms with Crippen molar-refractivity contribution in [2.45, 2.75) is 19.3 Å². The van der Waals surface area contributed by atoms with E-state index in [0.717, 1.165) is 44.7 Å². The number of rotatable bonds is 5. The molecule has 3 rings (SSSR count). The summed E-state index contributed by atoms with van der Waals surface area (Å²) in [6, 6.07) is 13.4. The lowest BCUT2D eigenvalue weighted by atomic mass is 9.94. The summed E-state index contributed by atoms with van der Waals surface area (Å²) >= 11 is 0. The second-order valence-corrected chi connectivity index (χ2v) is 5.66. The molecule has 2 heterocycles. The lowest BCUT2D eigenvalue weighted by Crippen LogP contribution is -2.38. The predicted molar refractivity (Wildman–Crippen MR) is 83.9 cm³/mol. The van der Waals surface area contributed by atoms with Gasteiger partial charge in [-0.3, -0.25) is 4.79 Å². The Balaban J connectivity index is 1.39. The summed E-state index contributed by atoms with van der Waals surface area (Å²) in [7, 11) is 0. The minimum atomic E-state index is 0.00369. The minimum absolute atomic E-state index is 0.00369. The molecule has 1 aliphatic rings. The fraction of sp³-hybridized carbons (Fsp3) is 0.389. The highest BCUT2D eigenvalue weighted by atomic mass is 16.5. The molecule has 4 heteroatoms. The van der Waals surface area contributed by atoms with Gasteiger partial charge in [-0.05, 0) is 49.4 Å². The number of hydrogen-bond donors (Lipinski definition) is 0. The standard InChI is InChI=1S/C18H21NO3/c20-18(17-7-4-13-22-17)19-11-8-15(9-12-19)10-14-21-16-5-2-1-3-6-16/h1-7,13,15H,8-12,14H2. The molecule has 0 aliphatic carbocycles. The number of likely N-dealkylation sites (tertiary alicyclic amines) is 1. The van der Waals surface area contributed by atoms with E-state index >= 15 is 0 Å². The molecule has 0 spiro atoms. The van der Waals surface area contributed by atoms with Crippen molar-refractivity contribution in [3.63, 3.8) is 0 Å². The molecular weight excluding hydrogens is 278 g/mol. The maximum absolute atomic E-state index is 12.2. The summed E-state index contributed by atoms with van der Waals surface area (Å²) in [5.41, 5.74) is 0. The van der Waals surface area contributed by atoms with Gasteiger partial charge in [-0.2, -0.15) is 0 Å². The molecular formula is C18H21NO3. The molecule has 1 aromatic carbocycles. The van der Waals surface area contributed by atoms with E-state index < -0.39 is 0 Å². The topological polar surface area (TPSA) is 42.7 Å². The Labute approximate surface area is 130 Å². The summed E-state index contributed by atoms with van der Waals surface area (Å²) in [6.07, 6.45) is 4.65. The van der Waals surface area contributed by atoms with Crippen molar-refractivity contribution in [1.29, 1.82) is 0 Å². The van der Waals surface area contributed by atoms with Gasteiger partial charge in [0.2, 0.25) is 0 Å². The van der Waals surface area contributed by atoms with Gasteiger partial charge in [-0.1, -0.05) is 18.2 Å². The Hall–Kier alpha value is -2.23. The third-order valence-corrected chi connectivity index (χ3v) is 4.17. The van der Waals surface area contributed by atoms with Gasteiger partial charge >= 0.3 is 0 Å². The van der Waals surface area contributed by atoms with Gasteiger partial charge in [-0.25, -0.2) is 0 Å². The van der Waals surface area contributed by atoms with Crippen LogP contribution in [-0.2, 0) is 0 Å². The number of ether oxygens (including phenoxy) is 1. The van der Waals surface area contributed by atoms with Crippen LogP contribution < -0.4 is 4.74 Å². The number of nitrogens with zero attached hydrogens (tertiary/aromatic N) is 1. The van der Waals surface area contributed by atoms with Crippen LogP contribution >= 0.6 is 0 Å². The highest BCUT2D eigenvalue weighted by Gasteiger charge is 2.24. The number of hydrogen-bond acceptors (Lipinski definition) is 3. The van der Waals surface area contributed by atoms with E-state index in [1.165, 1.54) is 0 Å². The Morgan fingerprint density at radius 2 is 1.91 bits per heavy atom. The first kappa shape index (κ1) is 14.7. The Kier molecular flexibility index (Phi) is 4.78. The zero-order valence-corrected chi connectivity index (χ0v) is 12.6. The van der Waals surface area contributed by atoms with Crippen molar-refractivity contribution in [2.75, 3.05) is 19.7 Å². The monoisotopic (exact) mass is 299 g/mol. The molecule has 1 amide bonds. The largest absolute Gasteiger partial charge is 0.494 e. The fourth-order valence-electron chi connectivity index (χ4n) is 2.84. The number of carbonyl (C=O) groups is 1. The summed E-state index contributed by atoms with van der Waals surface area (Å²) in [5.74, 6) is 1.99. The maximum atomic E-state index is 12.2. The van der Waals surface area contributed by atoms with Gasteiger partial charge in [0.15, 0.2) is 5.76 Å². The highest BCUT2D eigenvalue weighted by Crippen LogP contribution is 2.22. The summed E-state index contributed by atoms with van der Waals surface area (Å²) in [4.78, 5) is 14.1. The molecule has 2 aromatic rings. The first-order chi connectivity index (χ1) is 10.8. The van der Waals surface area contributed by atoms with Crippen molar-refractivity contribution < 1.29 is 13.9 Å². The highest BCUT2D eigenvalue weighted by molar-refractivity contribution is 5.91. The molecule has 1 fully saturated rings. The summed E-state index contributed by atoms with van der Waals surface area (Å²) < 4.78 is 10.9. The van der Waals surface area contributed by atoms with Crippen LogP contribution in [-0.4, -0.2) is 30.5 Å². The van der Waals surface area contributed by atoms with Crippen LogP contribution in [0.3, 0.4) is 0 Å². The first-order valence-corrected chi connectivity index (χ1v) is 7.83. The maximum Gasteiger partial charge on any atom is 0.289 e. The van der Waals surface area contributed by atoms with Crippen LogP contribution in [0.5, 0.6) is 5.75 Å². The second-order valence-electron chi connectivity index (χ2n) is 5.66. The number of benzene rings is 1. The van der Waals surface area contributed by atoms with Crippen LogP contribution in [0.4, 0.5) is 0 Å². The van der Waals surface area contributed by atoms with Crippen molar-refractivity contribution in [1.82, 2.24) is 4.90 Å². The van der Waals surface area contributed by atoms with E-state index in [1.807, 2.05) is 35.2 Å². The molecule has 4 nitrogen and oxygen atoms in total. The van der Waals surface area contributed by atoms with E-state index in [-0.39, 0.29) is 5.91 Å². The Morgan fingerprint density at radius 1 is 1.14 bits per heavy atom. The second kappa shape index (κ2) is 7.16. The quantitative estimate of drug-likeness (QED) is 0.847. The smallest absolute Gasteiger partial charge is 0.289 e. The molecule has 1 aliphatic heterocycles. The molecule has 0 bridgehead atoms. The van der Waals surface area contributed by atoms with Crippen molar-refractivity contribution in [3.8, 4) is 5.75 Å². The van der Waals surface area contributed by atoms with E-state index in [0.29, 0.717) is 11.7 Å². The molecule has 0 atom stereocenters. The van der Waals surface area contributed by atoms with Crippen LogP contribution in [0.1, 0.15) is 29.8 Å². The van der Waals surface area contributed by atoms with E-state index in [2.05, 4.69) is 0 Å². The van der Waals surface area contributed by atoms with Crippen LogP contribution in [0.15, 0.2) is 53.1 Å². The molecule has 0 radical (unpaired) electrons. The summed E-state index contributed by atoms with van der Waals surface area (Å²) in [5, 5.41) is 0. The number of para-hydroxylation sites is 1. The molecule has 22 heavy (non-hydrogen) atoms. The van der Waals surface area contributed by atoms with E-state index in [9.17, 15) is 4.79 Å². The Bertz CT molecular complexity index is 572. The number of amides is 1. The van der Waals surface area contributed by atoms with E-state index in [4.69, 9.17) is 9.15 Å². The van der Waals surface area contributed by atoms with E-state index in [1.54, 1.807) is 18.4 Å². The number of furan rings is 1. The molecule has 0 saturated carbocycles. The van der Waals surface area contributed by atoms with Crippen molar-refractivity contribution >= 4 is 5.91 Å². The molecule has 116 valence electrons. The minimum Gasteiger partial charge on any atom is -0.494 e. The van der Waals surface area contributed by atoms with Gasteiger partial charge < -0.3 is 14.1 Å². The third-order valence-electron chi connectivity index (χ3n) is 4.17. The summed E-state index contributed by atoms with van der Waals surface area (Å²) in [6.45, 7) is 2.34. The van der Waals surface area contributed by atoms with Gasteiger partial charge in [0.05, 0.1) is 12.9 Å². The third kappa shape index (κ3) is 3.70. The van der Waals surface area contributed by atoms with Gasteiger partial charge in [-0.15, -0.1) is 0 Å². The molecule has 0 unspecified atom stereocenters. The fourth-order valence-corrected chi connectivity index (χ4v) is 2.84. The van der Waals surface area contributed by atoms with Gasteiger partial charge in [0.1, 0.15) is 5.75 Å². The van der Waals surface area contributed by atoms with Crippen LogP contribution in [0, 0.1) is 5.92 Å². The predicted octanol–water partition coefficient (Wildman–Crippen LogP) is 3.60.